The summed E-state index contributed by atoms with van der Waals surface area (Å²) in [6.07, 6.45) is 0. The van der Waals surface area contributed by atoms with Crippen LogP contribution < -0.4 is 10.6 Å². The van der Waals surface area contributed by atoms with Crippen molar-refractivity contribution in [3.63, 3.8) is 0 Å². The molecular formula is C11H12N4O2. The molecule has 6 nitrogen and oxygen atoms in total. The monoisotopic (exact) mass is 232 g/mol. The second-order valence-electron chi connectivity index (χ2n) is 3.44. The van der Waals surface area contributed by atoms with E-state index in [1.807, 2.05) is 0 Å². The highest BCUT2D eigenvalue weighted by Crippen LogP contribution is 2.11. The van der Waals surface area contributed by atoms with Gasteiger partial charge in [-0.25, -0.2) is 4.98 Å². The summed E-state index contributed by atoms with van der Waals surface area (Å²) in [5.41, 5.74) is 1.02. The summed E-state index contributed by atoms with van der Waals surface area (Å²) in [6.45, 7) is 1.78. The van der Waals surface area contributed by atoms with Crippen molar-refractivity contribution in [2.24, 2.45) is 0 Å². The first-order valence-corrected chi connectivity index (χ1v) is 5.08. The van der Waals surface area contributed by atoms with E-state index in [9.17, 15) is 4.79 Å². The van der Waals surface area contributed by atoms with Crippen LogP contribution in [0.5, 0.6) is 0 Å². The summed E-state index contributed by atoms with van der Waals surface area (Å²) in [5.74, 6) is 0.605. The van der Waals surface area contributed by atoms with E-state index in [1.54, 1.807) is 38.2 Å². The van der Waals surface area contributed by atoms with Crippen LogP contribution in [0.3, 0.4) is 0 Å². The molecule has 0 atom stereocenters. The van der Waals surface area contributed by atoms with Gasteiger partial charge in [0.2, 0.25) is 5.88 Å². The second-order valence-corrected chi connectivity index (χ2v) is 3.44. The van der Waals surface area contributed by atoms with Crippen LogP contribution >= 0.6 is 0 Å². The molecule has 0 aliphatic carbocycles. The number of hydrogen-bond acceptors (Lipinski definition) is 5. The number of nitrogens with one attached hydrogen (secondary N) is 2. The molecule has 6 heteroatoms. The number of hydrogen-bond donors (Lipinski definition) is 2. The Labute approximate surface area is 98.0 Å². The average Bonchev–Trinajstić information content (AvgIpc) is 2.75. The molecule has 88 valence electrons. The molecule has 0 saturated heterocycles. The summed E-state index contributed by atoms with van der Waals surface area (Å²) in [6, 6.07) is 6.79. The largest absolute Gasteiger partial charge is 0.373 e. The summed E-state index contributed by atoms with van der Waals surface area (Å²) in [4.78, 5) is 15.9. The molecule has 2 heterocycles. The minimum atomic E-state index is -0.335. The zero-order chi connectivity index (χ0) is 12.3. The molecule has 1 amide bonds. The third kappa shape index (κ3) is 2.60. The number of rotatable bonds is 3. The topological polar surface area (TPSA) is 80.0 Å². The molecule has 0 radical (unpaired) electrons. The molecule has 2 N–H and O–H groups in total. The van der Waals surface area contributed by atoms with Gasteiger partial charge in [0.25, 0.3) is 5.91 Å². The lowest BCUT2D eigenvalue weighted by Crippen LogP contribution is -2.13. The van der Waals surface area contributed by atoms with Crippen molar-refractivity contribution in [1.29, 1.82) is 0 Å². The van der Waals surface area contributed by atoms with E-state index in [1.165, 1.54) is 0 Å². The third-order valence-electron chi connectivity index (χ3n) is 2.10. The van der Waals surface area contributed by atoms with Gasteiger partial charge in [0.05, 0.1) is 5.69 Å². The Morgan fingerprint density at radius 1 is 1.41 bits per heavy atom. The van der Waals surface area contributed by atoms with Gasteiger partial charge in [-0.3, -0.25) is 10.1 Å². The molecule has 2 aromatic rings. The van der Waals surface area contributed by atoms with Crippen LogP contribution in [-0.2, 0) is 0 Å². The molecule has 0 saturated carbocycles. The Morgan fingerprint density at radius 2 is 2.24 bits per heavy atom. The number of carbonyl (C=O) groups excluding carboxylic acids is 1. The van der Waals surface area contributed by atoms with Crippen LogP contribution in [0.15, 0.2) is 28.8 Å². The molecule has 0 spiro atoms. The molecule has 0 aliphatic rings. The van der Waals surface area contributed by atoms with Gasteiger partial charge in [-0.1, -0.05) is 11.2 Å². The van der Waals surface area contributed by atoms with Gasteiger partial charge in [0.15, 0.2) is 0 Å². The third-order valence-corrected chi connectivity index (χ3v) is 2.10. The van der Waals surface area contributed by atoms with E-state index < -0.39 is 0 Å². The lowest BCUT2D eigenvalue weighted by Gasteiger charge is -2.02. The van der Waals surface area contributed by atoms with Gasteiger partial charge in [-0.05, 0) is 19.1 Å². The number of aromatic nitrogens is 2. The predicted molar refractivity (Wildman–Crippen MR) is 63.0 cm³/mol. The highest BCUT2D eigenvalue weighted by Gasteiger charge is 2.10. The minimum absolute atomic E-state index is 0.309. The van der Waals surface area contributed by atoms with Gasteiger partial charge in [0, 0.05) is 13.1 Å². The Hall–Kier alpha value is -2.37. The standard InChI is InChI=1S/C11H12N4O2/c1-7-6-10(17-15-7)14-11(16)8-4-3-5-9(12-2)13-8/h3-6H,1-2H3,(H,12,13)(H,14,16). The molecule has 0 fully saturated rings. The van der Waals surface area contributed by atoms with Crippen LogP contribution in [0, 0.1) is 6.92 Å². The molecule has 2 aromatic heterocycles. The van der Waals surface area contributed by atoms with E-state index in [4.69, 9.17) is 4.52 Å². The van der Waals surface area contributed by atoms with Crippen molar-refractivity contribution >= 4 is 17.6 Å². The molecule has 0 aromatic carbocycles. The fraction of sp³-hybridized carbons (Fsp3) is 0.182. The quantitative estimate of drug-likeness (QED) is 0.841. The normalized spacial score (nSPS) is 10.0. The number of amides is 1. The van der Waals surface area contributed by atoms with Crippen LogP contribution in [-0.4, -0.2) is 23.1 Å². The predicted octanol–water partition coefficient (Wildman–Crippen LogP) is 1.67. The molecular weight excluding hydrogens is 220 g/mol. The zero-order valence-corrected chi connectivity index (χ0v) is 9.52. The molecule has 2 rings (SSSR count). The maximum absolute atomic E-state index is 11.8. The van der Waals surface area contributed by atoms with E-state index in [0.29, 0.717) is 23.1 Å². The Kier molecular flexibility index (Phi) is 3.04. The highest BCUT2D eigenvalue weighted by atomic mass is 16.5. The first kappa shape index (κ1) is 11.1. The Bertz CT molecular complexity index is 536. The van der Waals surface area contributed by atoms with E-state index in [-0.39, 0.29) is 5.91 Å². The van der Waals surface area contributed by atoms with Crippen molar-refractivity contribution in [3.05, 3.63) is 35.7 Å². The van der Waals surface area contributed by atoms with Crippen LogP contribution in [0.2, 0.25) is 0 Å². The van der Waals surface area contributed by atoms with E-state index >= 15 is 0 Å². The van der Waals surface area contributed by atoms with Crippen LogP contribution in [0.25, 0.3) is 0 Å². The fourth-order valence-electron chi connectivity index (χ4n) is 1.30. The summed E-state index contributed by atoms with van der Waals surface area (Å²) in [5, 5.41) is 9.11. The van der Waals surface area contributed by atoms with Gasteiger partial charge >= 0.3 is 0 Å². The highest BCUT2D eigenvalue weighted by molar-refractivity contribution is 6.02. The maximum atomic E-state index is 11.8. The fourth-order valence-corrected chi connectivity index (χ4v) is 1.30. The summed E-state index contributed by atoms with van der Waals surface area (Å²) < 4.78 is 4.89. The summed E-state index contributed by atoms with van der Waals surface area (Å²) in [7, 11) is 1.74. The Morgan fingerprint density at radius 3 is 2.88 bits per heavy atom. The second kappa shape index (κ2) is 4.65. The van der Waals surface area contributed by atoms with Crippen molar-refractivity contribution in [1.82, 2.24) is 10.1 Å². The minimum Gasteiger partial charge on any atom is -0.373 e. The first-order valence-electron chi connectivity index (χ1n) is 5.08. The number of carbonyl (C=O) groups is 1. The van der Waals surface area contributed by atoms with Crippen molar-refractivity contribution in [3.8, 4) is 0 Å². The number of pyridine rings is 1. The van der Waals surface area contributed by atoms with Gasteiger partial charge in [0.1, 0.15) is 11.5 Å². The van der Waals surface area contributed by atoms with E-state index in [0.717, 1.165) is 0 Å². The number of anilines is 2. The zero-order valence-electron chi connectivity index (χ0n) is 9.52. The average molecular weight is 232 g/mol. The van der Waals surface area contributed by atoms with Crippen molar-refractivity contribution < 1.29 is 9.32 Å². The van der Waals surface area contributed by atoms with Crippen molar-refractivity contribution in [2.75, 3.05) is 17.7 Å². The maximum Gasteiger partial charge on any atom is 0.276 e. The smallest absolute Gasteiger partial charge is 0.276 e. The van der Waals surface area contributed by atoms with Crippen LogP contribution in [0.1, 0.15) is 16.2 Å². The Balaban J connectivity index is 2.14. The molecule has 0 aliphatic heterocycles. The van der Waals surface area contributed by atoms with Crippen LogP contribution in [0.4, 0.5) is 11.7 Å². The lowest BCUT2D eigenvalue weighted by atomic mass is 10.3. The molecule has 0 bridgehead atoms. The van der Waals surface area contributed by atoms with Gasteiger partial charge < -0.3 is 9.84 Å². The SMILES string of the molecule is CNc1cccc(C(=O)Nc2cc(C)no2)n1. The number of aryl methyl sites for hydroxylation is 1. The number of nitrogens with zero attached hydrogens (tertiary/aromatic N) is 2. The molecule has 0 unspecified atom stereocenters. The first-order chi connectivity index (χ1) is 8.19. The van der Waals surface area contributed by atoms with Crippen molar-refractivity contribution in [2.45, 2.75) is 6.92 Å². The summed E-state index contributed by atoms with van der Waals surface area (Å²) >= 11 is 0. The van der Waals surface area contributed by atoms with Gasteiger partial charge in [-0.2, -0.15) is 0 Å². The molecule has 17 heavy (non-hydrogen) atoms. The van der Waals surface area contributed by atoms with E-state index in [2.05, 4.69) is 20.8 Å². The lowest BCUT2D eigenvalue weighted by molar-refractivity contribution is 0.101. The van der Waals surface area contributed by atoms with Gasteiger partial charge in [-0.15, -0.1) is 0 Å².